The quantitative estimate of drug-likeness (QED) is 0.662. The fraction of sp³-hybridized carbons (Fsp3) is 0.933. The highest BCUT2D eigenvalue weighted by Crippen LogP contribution is 2.27. The molecule has 0 aliphatic carbocycles. The third-order valence-corrected chi connectivity index (χ3v) is 3.23. The monoisotopic (exact) mass is 241 g/mol. The Bertz CT molecular complexity index is 226. The molecule has 0 heterocycles. The summed E-state index contributed by atoms with van der Waals surface area (Å²) in [6.07, 6.45) is 6.60. The lowest BCUT2D eigenvalue weighted by Gasteiger charge is -2.22. The molecule has 0 unspecified atom stereocenters. The number of rotatable bonds is 7. The van der Waals surface area contributed by atoms with Crippen LogP contribution in [0.4, 0.5) is 0 Å². The van der Waals surface area contributed by atoms with E-state index in [4.69, 9.17) is 0 Å². The summed E-state index contributed by atoms with van der Waals surface area (Å²) < 4.78 is 0. The van der Waals surface area contributed by atoms with Gasteiger partial charge in [-0.1, -0.05) is 40.0 Å². The van der Waals surface area contributed by atoms with E-state index in [1.165, 1.54) is 25.7 Å². The zero-order valence-electron chi connectivity index (χ0n) is 12.7. The van der Waals surface area contributed by atoms with E-state index in [0.717, 1.165) is 6.42 Å². The maximum Gasteiger partial charge on any atom is 0.220 e. The van der Waals surface area contributed by atoms with Crippen molar-refractivity contribution in [2.45, 2.75) is 85.6 Å². The molecule has 102 valence electrons. The van der Waals surface area contributed by atoms with Crippen LogP contribution in [0.5, 0.6) is 0 Å². The van der Waals surface area contributed by atoms with Crippen LogP contribution in [0.25, 0.3) is 0 Å². The van der Waals surface area contributed by atoms with Gasteiger partial charge in [-0.3, -0.25) is 4.79 Å². The van der Waals surface area contributed by atoms with Crippen LogP contribution in [-0.2, 0) is 4.79 Å². The molecule has 17 heavy (non-hydrogen) atoms. The molecule has 0 saturated carbocycles. The van der Waals surface area contributed by atoms with Crippen LogP contribution in [0, 0.1) is 5.41 Å². The number of nitrogens with one attached hydrogen (secondary N) is 1. The van der Waals surface area contributed by atoms with Crippen LogP contribution in [-0.4, -0.2) is 11.4 Å². The largest absolute Gasteiger partial charge is 0.352 e. The van der Waals surface area contributed by atoms with Crippen molar-refractivity contribution >= 4 is 5.91 Å². The molecule has 1 amide bonds. The minimum atomic E-state index is -0.0959. The summed E-state index contributed by atoms with van der Waals surface area (Å²) in [6, 6.07) is 0. The first-order valence-corrected chi connectivity index (χ1v) is 6.97. The molecule has 0 radical (unpaired) electrons. The maximum atomic E-state index is 11.6. The molecule has 2 heteroatoms. The fourth-order valence-electron chi connectivity index (χ4n) is 1.72. The highest BCUT2D eigenvalue weighted by molar-refractivity contribution is 5.76. The van der Waals surface area contributed by atoms with Crippen LogP contribution in [0.1, 0.15) is 80.1 Å². The van der Waals surface area contributed by atoms with E-state index in [1.807, 2.05) is 20.8 Å². The lowest BCUT2D eigenvalue weighted by molar-refractivity contribution is -0.122. The molecule has 2 nitrogen and oxygen atoms in total. The summed E-state index contributed by atoms with van der Waals surface area (Å²) in [4.78, 5) is 11.6. The third kappa shape index (κ3) is 10.3. The Hall–Kier alpha value is -0.530. The maximum absolute atomic E-state index is 11.6. The SMILES string of the molecule is CCC(C)(C)CCCCCC(=O)NC(C)(C)C. The predicted molar refractivity (Wildman–Crippen MR) is 75.1 cm³/mol. The van der Waals surface area contributed by atoms with Crippen molar-refractivity contribution < 1.29 is 4.79 Å². The lowest BCUT2D eigenvalue weighted by Crippen LogP contribution is -2.40. The van der Waals surface area contributed by atoms with E-state index in [0.29, 0.717) is 11.8 Å². The minimum Gasteiger partial charge on any atom is -0.352 e. The highest BCUT2D eigenvalue weighted by atomic mass is 16.1. The standard InChI is InChI=1S/C15H31NO/c1-7-15(5,6)12-10-8-9-11-13(17)16-14(2,3)4/h7-12H2,1-6H3,(H,16,17). The van der Waals surface area contributed by atoms with Gasteiger partial charge in [-0.25, -0.2) is 0 Å². The van der Waals surface area contributed by atoms with Gasteiger partial charge in [-0.05, 0) is 39.0 Å². The zero-order chi connectivity index (χ0) is 13.5. The van der Waals surface area contributed by atoms with E-state index >= 15 is 0 Å². The Morgan fingerprint density at radius 1 is 1.00 bits per heavy atom. The fourth-order valence-corrected chi connectivity index (χ4v) is 1.72. The number of hydrogen-bond donors (Lipinski definition) is 1. The topological polar surface area (TPSA) is 29.1 Å². The first kappa shape index (κ1) is 16.5. The molecular weight excluding hydrogens is 210 g/mol. The smallest absolute Gasteiger partial charge is 0.220 e. The van der Waals surface area contributed by atoms with Gasteiger partial charge in [0.05, 0.1) is 0 Å². The Kier molecular flexibility index (Phi) is 6.81. The number of hydrogen-bond acceptors (Lipinski definition) is 1. The van der Waals surface area contributed by atoms with E-state index in [2.05, 4.69) is 26.1 Å². The lowest BCUT2D eigenvalue weighted by atomic mass is 9.84. The second-order valence-corrected chi connectivity index (χ2v) is 6.88. The zero-order valence-corrected chi connectivity index (χ0v) is 12.7. The summed E-state index contributed by atoms with van der Waals surface area (Å²) in [7, 11) is 0. The number of carbonyl (C=O) groups is 1. The summed E-state index contributed by atoms with van der Waals surface area (Å²) in [5, 5.41) is 3.00. The highest BCUT2D eigenvalue weighted by Gasteiger charge is 2.15. The summed E-state index contributed by atoms with van der Waals surface area (Å²) in [6.45, 7) is 13.0. The van der Waals surface area contributed by atoms with Crippen LogP contribution in [0.3, 0.4) is 0 Å². The number of amides is 1. The molecule has 0 rings (SSSR count). The number of unbranched alkanes of at least 4 members (excludes halogenated alkanes) is 2. The normalized spacial score (nSPS) is 12.6. The minimum absolute atomic E-state index is 0.0959. The summed E-state index contributed by atoms with van der Waals surface area (Å²) in [5.41, 5.74) is 0.370. The Morgan fingerprint density at radius 2 is 1.59 bits per heavy atom. The number of carbonyl (C=O) groups excluding carboxylic acids is 1. The molecule has 0 spiro atoms. The molecule has 0 bridgehead atoms. The van der Waals surface area contributed by atoms with E-state index in [-0.39, 0.29) is 11.4 Å². The summed E-state index contributed by atoms with van der Waals surface area (Å²) in [5.74, 6) is 0.187. The van der Waals surface area contributed by atoms with Crippen LogP contribution < -0.4 is 5.32 Å². The summed E-state index contributed by atoms with van der Waals surface area (Å²) >= 11 is 0. The predicted octanol–water partition coefficient (Wildman–Crippen LogP) is 4.29. The molecule has 0 fully saturated rings. The molecular formula is C15H31NO. The van der Waals surface area contributed by atoms with E-state index in [9.17, 15) is 4.79 Å². The second-order valence-electron chi connectivity index (χ2n) is 6.88. The molecule has 0 aromatic heterocycles. The van der Waals surface area contributed by atoms with Crippen molar-refractivity contribution in [2.75, 3.05) is 0 Å². The molecule has 0 aliphatic heterocycles. The van der Waals surface area contributed by atoms with E-state index in [1.54, 1.807) is 0 Å². The van der Waals surface area contributed by atoms with Crippen molar-refractivity contribution in [3.63, 3.8) is 0 Å². The van der Waals surface area contributed by atoms with Crippen LogP contribution in [0.15, 0.2) is 0 Å². The van der Waals surface area contributed by atoms with Crippen molar-refractivity contribution in [3.8, 4) is 0 Å². The average Bonchev–Trinajstić information content (AvgIpc) is 2.14. The van der Waals surface area contributed by atoms with Gasteiger partial charge in [0.15, 0.2) is 0 Å². The molecule has 0 aliphatic rings. The van der Waals surface area contributed by atoms with Gasteiger partial charge < -0.3 is 5.32 Å². The van der Waals surface area contributed by atoms with Gasteiger partial charge in [-0.15, -0.1) is 0 Å². The van der Waals surface area contributed by atoms with Gasteiger partial charge in [0.2, 0.25) is 5.91 Å². The van der Waals surface area contributed by atoms with Gasteiger partial charge in [-0.2, -0.15) is 0 Å². The van der Waals surface area contributed by atoms with Crippen LogP contribution >= 0.6 is 0 Å². The molecule has 0 atom stereocenters. The van der Waals surface area contributed by atoms with E-state index < -0.39 is 0 Å². The molecule has 0 saturated heterocycles. The molecule has 1 N–H and O–H groups in total. The van der Waals surface area contributed by atoms with Crippen LogP contribution in [0.2, 0.25) is 0 Å². The molecule has 0 aromatic carbocycles. The average molecular weight is 241 g/mol. The third-order valence-electron chi connectivity index (χ3n) is 3.23. The van der Waals surface area contributed by atoms with Gasteiger partial charge in [0.1, 0.15) is 0 Å². The molecule has 0 aromatic rings. The Labute approximate surface area is 108 Å². The Morgan fingerprint density at radius 3 is 2.06 bits per heavy atom. The van der Waals surface area contributed by atoms with Crippen molar-refractivity contribution in [3.05, 3.63) is 0 Å². The van der Waals surface area contributed by atoms with Gasteiger partial charge >= 0.3 is 0 Å². The van der Waals surface area contributed by atoms with Crippen molar-refractivity contribution in [1.82, 2.24) is 5.32 Å². The first-order chi connectivity index (χ1) is 7.66. The second kappa shape index (κ2) is 7.03. The Balaban J connectivity index is 3.56. The van der Waals surface area contributed by atoms with Crippen molar-refractivity contribution in [1.29, 1.82) is 0 Å². The van der Waals surface area contributed by atoms with Gasteiger partial charge in [0.25, 0.3) is 0 Å². The first-order valence-electron chi connectivity index (χ1n) is 6.97. The van der Waals surface area contributed by atoms with Gasteiger partial charge in [0, 0.05) is 12.0 Å². The van der Waals surface area contributed by atoms with Crippen molar-refractivity contribution in [2.24, 2.45) is 5.41 Å².